The quantitative estimate of drug-likeness (QED) is 0.457. The topological polar surface area (TPSA) is 121 Å². The molecule has 1 saturated heterocycles. The SMILES string of the molecule is O=C(O)C(F)(F)F.O=C1CCCc2ccc(Nc3cc(C4CCNC4)cn4ncnc34)cc2N1. The van der Waals surface area contributed by atoms with E-state index in [0.717, 1.165) is 55.1 Å². The predicted octanol–water partition coefficient (Wildman–Crippen LogP) is 3.46. The molecule has 1 atom stereocenters. The van der Waals surface area contributed by atoms with Crippen molar-refractivity contribution in [2.24, 2.45) is 0 Å². The van der Waals surface area contributed by atoms with Crippen molar-refractivity contribution in [1.29, 1.82) is 0 Å². The number of alkyl halides is 3. The number of amides is 1. The van der Waals surface area contributed by atoms with Crippen LogP contribution in [0.4, 0.5) is 30.2 Å². The summed E-state index contributed by atoms with van der Waals surface area (Å²) in [5.41, 5.74) is 5.99. The zero-order valence-electron chi connectivity index (χ0n) is 18.0. The van der Waals surface area contributed by atoms with Crippen molar-refractivity contribution >= 4 is 34.6 Å². The summed E-state index contributed by atoms with van der Waals surface area (Å²) < 4.78 is 33.6. The molecule has 4 N–H and O–H groups in total. The van der Waals surface area contributed by atoms with Gasteiger partial charge >= 0.3 is 12.1 Å². The number of aryl methyl sites for hydroxylation is 1. The number of aromatic nitrogens is 3. The summed E-state index contributed by atoms with van der Waals surface area (Å²) in [5, 5.41) is 21.4. The van der Waals surface area contributed by atoms with Crippen LogP contribution in [0.25, 0.3) is 5.65 Å². The second kappa shape index (κ2) is 9.67. The standard InChI is InChI=1S/C20H22N6O.C2HF3O2/c27-19-3-1-2-13-4-5-16(9-17(13)25-19)24-18-8-15(14-6-7-21-10-14)11-26-20(18)22-12-23-26;3-2(4,5)1(6)7/h4-5,8-9,11-12,14,21,24H,1-3,6-7,10H2,(H,25,27);(H,6,7). The molecular weight excluding hydrogens is 453 g/mol. The molecule has 1 aromatic carbocycles. The van der Waals surface area contributed by atoms with Gasteiger partial charge in [0.25, 0.3) is 0 Å². The van der Waals surface area contributed by atoms with E-state index in [9.17, 15) is 18.0 Å². The minimum absolute atomic E-state index is 0.0847. The molecule has 0 saturated carbocycles. The first kappa shape index (κ1) is 23.5. The maximum atomic E-state index is 11.9. The summed E-state index contributed by atoms with van der Waals surface area (Å²) in [5.74, 6) is -2.18. The Labute approximate surface area is 192 Å². The Morgan fingerprint density at radius 3 is 2.74 bits per heavy atom. The Kier molecular flexibility index (Phi) is 6.68. The maximum Gasteiger partial charge on any atom is 0.490 e. The lowest BCUT2D eigenvalue weighted by atomic mass is 10.00. The number of hydrogen-bond donors (Lipinski definition) is 4. The number of nitrogens with zero attached hydrogens (tertiary/aromatic N) is 3. The molecule has 1 fully saturated rings. The van der Waals surface area contributed by atoms with Crippen LogP contribution in [-0.4, -0.2) is 50.8 Å². The van der Waals surface area contributed by atoms with Gasteiger partial charge in [-0.3, -0.25) is 4.79 Å². The monoisotopic (exact) mass is 476 g/mol. The number of rotatable bonds is 3. The molecule has 2 aliphatic rings. The molecular formula is C22H23F3N6O3. The number of benzene rings is 1. The molecule has 1 amide bonds. The molecule has 2 aliphatic heterocycles. The van der Waals surface area contributed by atoms with Gasteiger partial charge in [-0.15, -0.1) is 0 Å². The van der Waals surface area contributed by atoms with Crippen molar-refractivity contribution in [2.45, 2.75) is 37.8 Å². The number of pyridine rings is 1. The highest BCUT2D eigenvalue weighted by atomic mass is 19.4. The van der Waals surface area contributed by atoms with Crippen LogP contribution in [-0.2, 0) is 16.0 Å². The summed E-state index contributed by atoms with van der Waals surface area (Å²) in [6.07, 6.45) is 2.09. The fourth-order valence-electron chi connectivity index (χ4n) is 4.00. The van der Waals surface area contributed by atoms with Crippen LogP contribution in [0, 0.1) is 0 Å². The zero-order chi connectivity index (χ0) is 24.3. The van der Waals surface area contributed by atoms with Crippen LogP contribution in [0.1, 0.15) is 36.3 Å². The van der Waals surface area contributed by atoms with Crippen molar-refractivity contribution in [1.82, 2.24) is 19.9 Å². The van der Waals surface area contributed by atoms with Crippen LogP contribution in [0.2, 0.25) is 0 Å². The van der Waals surface area contributed by atoms with Crippen molar-refractivity contribution in [2.75, 3.05) is 23.7 Å². The van der Waals surface area contributed by atoms with Crippen LogP contribution in [0.3, 0.4) is 0 Å². The van der Waals surface area contributed by atoms with Gasteiger partial charge in [-0.1, -0.05) is 6.07 Å². The number of carboxylic acid groups (broad SMARTS) is 1. The highest BCUT2D eigenvalue weighted by Gasteiger charge is 2.38. The predicted molar refractivity (Wildman–Crippen MR) is 118 cm³/mol. The highest BCUT2D eigenvalue weighted by molar-refractivity contribution is 5.93. The lowest BCUT2D eigenvalue weighted by molar-refractivity contribution is -0.192. The van der Waals surface area contributed by atoms with Crippen LogP contribution < -0.4 is 16.0 Å². The number of anilines is 3. The molecule has 4 heterocycles. The van der Waals surface area contributed by atoms with Gasteiger partial charge in [0.05, 0.1) is 5.69 Å². The van der Waals surface area contributed by atoms with Gasteiger partial charge in [-0.2, -0.15) is 18.3 Å². The number of halogens is 3. The number of fused-ring (bicyclic) bond motifs is 2. The van der Waals surface area contributed by atoms with Gasteiger partial charge in [0, 0.05) is 30.5 Å². The molecule has 0 bridgehead atoms. The van der Waals surface area contributed by atoms with Crippen molar-refractivity contribution in [3.8, 4) is 0 Å². The normalized spacial score (nSPS) is 17.9. The number of carbonyl (C=O) groups excluding carboxylic acids is 1. The van der Waals surface area contributed by atoms with E-state index in [2.05, 4.69) is 50.4 Å². The minimum atomic E-state index is -5.08. The summed E-state index contributed by atoms with van der Waals surface area (Å²) in [4.78, 5) is 25.2. The molecule has 34 heavy (non-hydrogen) atoms. The first-order valence-corrected chi connectivity index (χ1v) is 10.7. The first-order chi connectivity index (χ1) is 16.2. The number of nitrogens with one attached hydrogen (secondary N) is 3. The summed E-state index contributed by atoms with van der Waals surface area (Å²) in [6, 6.07) is 8.34. The largest absolute Gasteiger partial charge is 0.490 e. The Hall–Kier alpha value is -3.67. The maximum absolute atomic E-state index is 11.9. The van der Waals surface area contributed by atoms with Gasteiger partial charge < -0.3 is 21.1 Å². The number of carbonyl (C=O) groups is 2. The molecule has 1 unspecified atom stereocenters. The Bertz CT molecular complexity index is 1200. The first-order valence-electron chi connectivity index (χ1n) is 10.7. The smallest absolute Gasteiger partial charge is 0.475 e. The van der Waals surface area contributed by atoms with Crippen LogP contribution in [0.5, 0.6) is 0 Å². The second-order valence-corrected chi connectivity index (χ2v) is 8.11. The lowest BCUT2D eigenvalue weighted by Gasteiger charge is -2.15. The third-order valence-electron chi connectivity index (χ3n) is 5.68. The van der Waals surface area contributed by atoms with E-state index in [-0.39, 0.29) is 5.91 Å². The molecule has 180 valence electrons. The Morgan fingerprint density at radius 1 is 1.24 bits per heavy atom. The zero-order valence-corrected chi connectivity index (χ0v) is 18.0. The highest BCUT2D eigenvalue weighted by Crippen LogP contribution is 2.31. The van der Waals surface area contributed by atoms with E-state index in [1.165, 1.54) is 11.1 Å². The van der Waals surface area contributed by atoms with Gasteiger partial charge in [0.15, 0.2) is 5.65 Å². The molecule has 12 heteroatoms. The van der Waals surface area contributed by atoms with Crippen LogP contribution in [0.15, 0.2) is 36.8 Å². The van der Waals surface area contributed by atoms with Crippen molar-refractivity contribution in [3.63, 3.8) is 0 Å². The van der Waals surface area contributed by atoms with E-state index in [1.54, 1.807) is 6.33 Å². The Balaban J connectivity index is 0.000000344. The van der Waals surface area contributed by atoms with Crippen molar-refractivity contribution in [3.05, 3.63) is 47.9 Å². The molecule has 3 aromatic rings. The van der Waals surface area contributed by atoms with E-state index < -0.39 is 12.1 Å². The summed E-state index contributed by atoms with van der Waals surface area (Å²) in [6.45, 7) is 2.04. The average Bonchev–Trinajstić information content (AvgIpc) is 3.44. The summed E-state index contributed by atoms with van der Waals surface area (Å²) in [7, 11) is 0. The van der Waals surface area contributed by atoms with E-state index in [4.69, 9.17) is 9.90 Å². The third kappa shape index (κ3) is 5.45. The van der Waals surface area contributed by atoms with Gasteiger partial charge in [0.1, 0.15) is 6.33 Å². The van der Waals surface area contributed by atoms with E-state index >= 15 is 0 Å². The van der Waals surface area contributed by atoms with Gasteiger partial charge in [0.2, 0.25) is 5.91 Å². The lowest BCUT2D eigenvalue weighted by Crippen LogP contribution is -2.21. The number of carboxylic acids is 1. The molecule has 2 aromatic heterocycles. The average molecular weight is 476 g/mol. The Morgan fingerprint density at radius 2 is 2.03 bits per heavy atom. The molecule has 5 rings (SSSR count). The number of aliphatic carboxylic acids is 1. The van der Waals surface area contributed by atoms with E-state index in [0.29, 0.717) is 12.3 Å². The van der Waals surface area contributed by atoms with Crippen LogP contribution >= 0.6 is 0 Å². The van der Waals surface area contributed by atoms with Gasteiger partial charge in [-0.25, -0.2) is 14.3 Å². The fourth-order valence-corrected chi connectivity index (χ4v) is 4.00. The third-order valence-corrected chi connectivity index (χ3v) is 5.68. The molecule has 0 radical (unpaired) electrons. The molecule has 9 nitrogen and oxygen atoms in total. The number of hydrogen-bond acceptors (Lipinski definition) is 6. The second-order valence-electron chi connectivity index (χ2n) is 8.11. The van der Waals surface area contributed by atoms with E-state index in [1.807, 2.05) is 10.6 Å². The van der Waals surface area contributed by atoms with Gasteiger partial charge in [-0.05, 0) is 61.1 Å². The van der Waals surface area contributed by atoms with Crippen molar-refractivity contribution < 1.29 is 27.9 Å². The summed E-state index contributed by atoms with van der Waals surface area (Å²) >= 11 is 0. The molecule has 0 spiro atoms. The minimum Gasteiger partial charge on any atom is -0.475 e. The fraction of sp³-hybridized carbons (Fsp3) is 0.364. The molecule has 0 aliphatic carbocycles.